The van der Waals surface area contributed by atoms with Gasteiger partial charge in [0.25, 0.3) is 0 Å². The van der Waals surface area contributed by atoms with Crippen molar-refractivity contribution in [1.82, 2.24) is 0 Å². The Kier molecular flexibility index (Phi) is 10.3. The number of fused-ring (bicyclic) bond motifs is 1. The molecule has 6 heteroatoms. The van der Waals surface area contributed by atoms with E-state index in [9.17, 15) is 9.59 Å². The van der Waals surface area contributed by atoms with Crippen molar-refractivity contribution in [3.63, 3.8) is 0 Å². The first-order valence-corrected chi connectivity index (χ1v) is 16.3. The molecule has 49 heavy (non-hydrogen) atoms. The van der Waals surface area contributed by atoms with Crippen molar-refractivity contribution >= 4 is 11.9 Å². The van der Waals surface area contributed by atoms with Crippen LogP contribution in [0.5, 0.6) is 11.5 Å². The average molecular weight is 651 g/mol. The average Bonchev–Trinajstić information content (AvgIpc) is 3.51. The van der Waals surface area contributed by atoms with E-state index < -0.39 is 17.4 Å². The third-order valence-electron chi connectivity index (χ3n) is 8.93. The topological polar surface area (TPSA) is 71.1 Å². The van der Waals surface area contributed by atoms with Crippen molar-refractivity contribution < 1.29 is 28.5 Å². The second-order valence-electron chi connectivity index (χ2n) is 11.7. The van der Waals surface area contributed by atoms with E-state index in [1.54, 1.807) is 0 Å². The summed E-state index contributed by atoms with van der Waals surface area (Å²) in [7, 11) is 0. The van der Waals surface area contributed by atoms with Crippen LogP contribution in [0, 0.1) is 0 Å². The molecule has 0 saturated heterocycles. The molecule has 5 aromatic rings. The Hall–Kier alpha value is -5.88. The molecule has 0 amide bonds. The molecular formula is C43H38O6. The lowest BCUT2D eigenvalue weighted by atomic mass is 9.69. The van der Waals surface area contributed by atoms with E-state index in [0.717, 1.165) is 29.7 Å². The first kappa shape index (κ1) is 33.0. The van der Waals surface area contributed by atoms with Gasteiger partial charge in [-0.3, -0.25) is 0 Å². The summed E-state index contributed by atoms with van der Waals surface area (Å²) in [6.45, 7) is 7.60. The van der Waals surface area contributed by atoms with Crippen molar-refractivity contribution in [3.8, 4) is 22.6 Å². The molecule has 0 saturated carbocycles. The zero-order valence-electron chi connectivity index (χ0n) is 27.3. The number of benzene rings is 5. The molecule has 0 fully saturated rings. The van der Waals surface area contributed by atoms with Gasteiger partial charge in [-0.15, -0.1) is 0 Å². The number of esters is 2. The van der Waals surface area contributed by atoms with Crippen molar-refractivity contribution in [3.05, 3.63) is 181 Å². The Morgan fingerprint density at radius 3 is 1.63 bits per heavy atom. The lowest BCUT2D eigenvalue weighted by Gasteiger charge is -2.33. The van der Waals surface area contributed by atoms with Gasteiger partial charge in [0.15, 0.2) is 0 Å². The van der Waals surface area contributed by atoms with E-state index >= 15 is 0 Å². The summed E-state index contributed by atoms with van der Waals surface area (Å²) in [5.41, 5.74) is 7.94. The molecule has 0 aliphatic heterocycles. The van der Waals surface area contributed by atoms with Gasteiger partial charge in [-0.25, -0.2) is 9.59 Å². The molecule has 5 aromatic carbocycles. The Bertz CT molecular complexity index is 1830. The summed E-state index contributed by atoms with van der Waals surface area (Å²) in [6, 6.07) is 44.5. The highest BCUT2D eigenvalue weighted by Crippen LogP contribution is 2.56. The normalized spacial score (nSPS) is 14.2. The molecule has 0 N–H and O–H groups in total. The highest BCUT2D eigenvalue weighted by atomic mass is 16.6. The number of rotatable bonds is 14. The predicted molar refractivity (Wildman–Crippen MR) is 191 cm³/mol. The van der Waals surface area contributed by atoms with Gasteiger partial charge in [-0.05, 0) is 69.6 Å². The summed E-state index contributed by atoms with van der Waals surface area (Å²) in [5, 5.41) is 0. The Balaban J connectivity index is 1.39. The van der Waals surface area contributed by atoms with Crippen LogP contribution in [0.2, 0.25) is 0 Å². The van der Waals surface area contributed by atoms with E-state index in [1.807, 2.05) is 30.3 Å². The van der Waals surface area contributed by atoms with Gasteiger partial charge in [0.05, 0.1) is 0 Å². The van der Waals surface area contributed by atoms with Crippen LogP contribution in [-0.4, -0.2) is 38.4 Å². The van der Waals surface area contributed by atoms with Crippen molar-refractivity contribution in [2.24, 2.45) is 0 Å². The molecule has 1 atom stereocenters. The number of hydrogen-bond acceptors (Lipinski definition) is 6. The van der Waals surface area contributed by atoms with Gasteiger partial charge in [0.2, 0.25) is 0 Å². The molecule has 0 aromatic heterocycles. The standard InChI is InChI=1S/C43H38O6/c1-3-41(44)48-27-25-46-36-20-16-34(17-21-36)43(35-18-22-37(23-19-35)47-26-28-49-42(45)4-2)30-39(32-13-9-6-10-14-32)38-29-33(15-24-40(38)43)31-11-7-5-8-12-31/h3-24,29,39H,1-2,25-28,30H2. The molecule has 1 aliphatic carbocycles. The van der Waals surface area contributed by atoms with Crippen molar-refractivity contribution in [2.75, 3.05) is 26.4 Å². The lowest BCUT2D eigenvalue weighted by molar-refractivity contribution is -0.139. The van der Waals surface area contributed by atoms with Crippen LogP contribution >= 0.6 is 0 Å². The summed E-state index contributed by atoms with van der Waals surface area (Å²) in [6.07, 6.45) is 3.09. The highest BCUT2D eigenvalue weighted by Gasteiger charge is 2.47. The predicted octanol–water partition coefficient (Wildman–Crippen LogP) is 8.44. The molecule has 0 bridgehead atoms. The maximum absolute atomic E-state index is 11.4. The number of ether oxygens (including phenoxy) is 4. The van der Waals surface area contributed by atoms with Crippen LogP contribution in [0.15, 0.2) is 153 Å². The van der Waals surface area contributed by atoms with Gasteiger partial charge in [0, 0.05) is 23.5 Å². The first-order chi connectivity index (χ1) is 24.0. The maximum Gasteiger partial charge on any atom is 0.330 e. The molecular weight excluding hydrogens is 612 g/mol. The number of carbonyl (C=O) groups excluding carboxylic acids is 2. The third kappa shape index (κ3) is 7.34. The fourth-order valence-corrected chi connectivity index (χ4v) is 6.66. The van der Waals surface area contributed by atoms with E-state index in [0.29, 0.717) is 11.5 Å². The SMILES string of the molecule is C=CC(=O)OCCOc1ccc(C2(c3ccc(OCCOC(=O)C=C)cc3)CC(c3ccccc3)c3cc(-c4ccccc4)ccc32)cc1. The maximum atomic E-state index is 11.4. The fraction of sp³-hybridized carbons (Fsp3) is 0.163. The summed E-state index contributed by atoms with van der Waals surface area (Å²) < 4.78 is 21.9. The van der Waals surface area contributed by atoms with Crippen LogP contribution < -0.4 is 9.47 Å². The van der Waals surface area contributed by atoms with Gasteiger partial charge in [-0.1, -0.05) is 116 Å². The Morgan fingerprint density at radius 2 is 1.12 bits per heavy atom. The van der Waals surface area contributed by atoms with Gasteiger partial charge < -0.3 is 18.9 Å². The first-order valence-electron chi connectivity index (χ1n) is 16.3. The Morgan fingerprint density at radius 1 is 0.612 bits per heavy atom. The van der Waals surface area contributed by atoms with Crippen LogP contribution in [0.25, 0.3) is 11.1 Å². The van der Waals surface area contributed by atoms with E-state index in [4.69, 9.17) is 18.9 Å². The van der Waals surface area contributed by atoms with Crippen molar-refractivity contribution in [2.45, 2.75) is 17.8 Å². The monoisotopic (exact) mass is 650 g/mol. The summed E-state index contributed by atoms with van der Waals surface area (Å²) in [5.74, 6) is 0.567. The van der Waals surface area contributed by atoms with Gasteiger partial charge in [0.1, 0.15) is 37.9 Å². The molecule has 246 valence electrons. The highest BCUT2D eigenvalue weighted by molar-refractivity contribution is 5.81. The zero-order chi connectivity index (χ0) is 34.1. The minimum absolute atomic E-state index is 0.136. The van der Waals surface area contributed by atoms with E-state index in [2.05, 4.69) is 110 Å². The zero-order valence-corrected chi connectivity index (χ0v) is 27.3. The molecule has 0 heterocycles. The van der Waals surface area contributed by atoms with Crippen LogP contribution in [0.3, 0.4) is 0 Å². The smallest absolute Gasteiger partial charge is 0.330 e. The molecule has 1 unspecified atom stereocenters. The molecule has 6 rings (SSSR count). The minimum Gasteiger partial charge on any atom is -0.490 e. The third-order valence-corrected chi connectivity index (χ3v) is 8.93. The minimum atomic E-state index is -0.485. The van der Waals surface area contributed by atoms with Crippen LogP contribution in [0.4, 0.5) is 0 Å². The van der Waals surface area contributed by atoms with Crippen LogP contribution in [0.1, 0.15) is 40.2 Å². The number of hydrogen-bond donors (Lipinski definition) is 0. The van der Waals surface area contributed by atoms with Gasteiger partial charge in [-0.2, -0.15) is 0 Å². The quantitative estimate of drug-likeness (QED) is 0.0683. The second-order valence-corrected chi connectivity index (χ2v) is 11.7. The number of carbonyl (C=O) groups is 2. The van der Waals surface area contributed by atoms with E-state index in [-0.39, 0.29) is 32.3 Å². The largest absolute Gasteiger partial charge is 0.490 e. The van der Waals surface area contributed by atoms with Gasteiger partial charge >= 0.3 is 11.9 Å². The Labute approximate surface area is 287 Å². The van der Waals surface area contributed by atoms with Crippen LogP contribution in [-0.2, 0) is 24.5 Å². The molecule has 0 spiro atoms. The summed E-state index contributed by atoms with van der Waals surface area (Å²) in [4.78, 5) is 22.8. The fourth-order valence-electron chi connectivity index (χ4n) is 6.66. The summed E-state index contributed by atoms with van der Waals surface area (Å²) >= 11 is 0. The molecule has 6 nitrogen and oxygen atoms in total. The molecule has 0 radical (unpaired) electrons. The van der Waals surface area contributed by atoms with Crippen molar-refractivity contribution in [1.29, 1.82) is 0 Å². The second kappa shape index (κ2) is 15.3. The van der Waals surface area contributed by atoms with E-state index in [1.165, 1.54) is 27.8 Å². The molecule has 1 aliphatic rings. The lowest BCUT2D eigenvalue weighted by Crippen LogP contribution is -2.27.